The topological polar surface area (TPSA) is 46.3 Å². The zero-order valence-corrected chi connectivity index (χ0v) is 14.8. The molecular weight excluding hydrogens is 280 g/mol. The number of carbonyl (C=O) groups excluding carboxylic acids is 1. The minimum absolute atomic E-state index is 0.158. The van der Waals surface area contributed by atoms with Crippen molar-refractivity contribution in [2.75, 3.05) is 7.05 Å². The Hall–Kier alpha value is -0.640. The van der Waals surface area contributed by atoms with Crippen molar-refractivity contribution in [2.45, 2.75) is 84.1 Å². The van der Waals surface area contributed by atoms with E-state index in [0.717, 1.165) is 38.5 Å². The van der Waals surface area contributed by atoms with Crippen molar-refractivity contribution in [2.24, 2.45) is 11.1 Å². The summed E-state index contributed by atoms with van der Waals surface area (Å²) in [6, 6.07) is 0.363. The zero-order chi connectivity index (χ0) is 15.9. The van der Waals surface area contributed by atoms with Gasteiger partial charge >= 0.3 is 0 Å². The standard InChI is InChI=1S/C17H32N2OS/c1-4-12-17(13-5-2,15(18)21)16(20)19(3)14-10-8-6-7-9-11-14/h14H,4-13H2,1-3H3,(H2,18,21). The van der Waals surface area contributed by atoms with Crippen LogP contribution in [0.5, 0.6) is 0 Å². The van der Waals surface area contributed by atoms with Gasteiger partial charge in [0.15, 0.2) is 0 Å². The Morgan fingerprint density at radius 2 is 1.62 bits per heavy atom. The number of hydrogen-bond acceptors (Lipinski definition) is 2. The first kappa shape index (κ1) is 18.4. The molecule has 0 atom stereocenters. The van der Waals surface area contributed by atoms with Crippen molar-refractivity contribution < 1.29 is 4.79 Å². The molecule has 0 heterocycles. The van der Waals surface area contributed by atoms with Gasteiger partial charge in [0.2, 0.25) is 5.91 Å². The van der Waals surface area contributed by atoms with E-state index in [1.807, 2.05) is 11.9 Å². The van der Waals surface area contributed by atoms with Gasteiger partial charge < -0.3 is 10.6 Å². The van der Waals surface area contributed by atoms with Crippen molar-refractivity contribution >= 4 is 23.1 Å². The first-order valence-corrected chi connectivity index (χ1v) is 8.97. The Bertz CT molecular complexity index is 343. The van der Waals surface area contributed by atoms with Crippen LogP contribution in [0, 0.1) is 5.41 Å². The van der Waals surface area contributed by atoms with Gasteiger partial charge in [-0.3, -0.25) is 4.79 Å². The van der Waals surface area contributed by atoms with Crippen molar-refractivity contribution in [3.8, 4) is 0 Å². The molecule has 0 aromatic carbocycles. The largest absolute Gasteiger partial charge is 0.392 e. The second-order valence-electron chi connectivity index (χ2n) is 6.51. The lowest BCUT2D eigenvalue weighted by atomic mass is 9.77. The summed E-state index contributed by atoms with van der Waals surface area (Å²) in [4.78, 5) is 15.5. The van der Waals surface area contributed by atoms with Crippen LogP contribution in [0.2, 0.25) is 0 Å². The molecule has 122 valence electrons. The number of nitrogens with zero attached hydrogens (tertiary/aromatic N) is 1. The number of amides is 1. The Morgan fingerprint density at radius 3 is 2.00 bits per heavy atom. The maximum absolute atomic E-state index is 13.2. The molecule has 1 fully saturated rings. The Labute approximate surface area is 135 Å². The first-order valence-electron chi connectivity index (χ1n) is 8.56. The number of rotatable bonds is 7. The molecule has 1 amide bonds. The molecule has 1 rings (SSSR count). The highest BCUT2D eigenvalue weighted by Crippen LogP contribution is 2.34. The second kappa shape index (κ2) is 8.72. The highest BCUT2D eigenvalue weighted by molar-refractivity contribution is 7.80. The summed E-state index contributed by atoms with van der Waals surface area (Å²) in [5.41, 5.74) is 5.40. The summed E-state index contributed by atoms with van der Waals surface area (Å²) >= 11 is 5.31. The number of thiocarbonyl (C=S) groups is 1. The molecular formula is C17H32N2OS. The molecule has 2 N–H and O–H groups in total. The van der Waals surface area contributed by atoms with Crippen LogP contribution in [0.15, 0.2) is 0 Å². The van der Waals surface area contributed by atoms with Crippen molar-refractivity contribution in [3.05, 3.63) is 0 Å². The van der Waals surface area contributed by atoms with E-state index in [-0.39, 0.29) is 5.91 Å². The smallest absolute Gasteiger partial charge is 0.235 e. The summed E-state index contributed by atoms with van der Waals surface area (Å²) in [6.07, 6.45) is 10.7. The van der Waals surface area contributed by atoms with Gasteiger partial charge in [-0.1, -0.05) is 64.6 Å². The highest BCUT2D eigenvalue weighted by Gasteiger charge is 2.42. The van der Waals surface area contributed by atoms with Gasteiger partial charge in [-0.15, -0.1) is 0 Å². The summed E-state index contributed by atoms with van der Waals surface area (Å²) in [5, 5.41) is 0. The number of hydrogen-bond donors (Lipinski definition) is 1. The van der Waals surface area contributed by atoms with Crippen LogP contribution in [0.25, 0.3) is 0 Å². The predicted octanol–water partition coefficient (Wildman–Crippen LogP) is 4.04. The molecule has 3 nitrogen and oxygen atoms in total. The van der Waals surface area contributed by atoms with Crippen LogP contribution >= 0.6 is 12.2 Å². The van der Waals surface area contributed by atoms with Gasteiger partial charge in [-0.05, 0) is 25.7 Å². The van der Waals surface area contributed by atoms with Gasteiger partial charge in [-0.25, -0.2) is 0 Å². The van der Waals surface area contributed by atoms with E-state index < -0.39 is 5.41 Å². The maximum Gasteiger partial charge on any atom is 0.235 e. The average molecular weight is 313 g/mol. The van der Waals surface area contributed by atoms with Crippen molar-refractivity contribution in [3.63, 3.8) is 0 Å². The van der Waals surface area contributed by atoms with Crippen LogP contribution < -0.4 is 5.73 Å². The molecule has 0 unspecified atom stereocenters. The third-order valence-corrected chi connectivity index (χ3v) is 5.32. The second-order valence-corrected chi connectivity index (χ2v) is 6.95. The monoisotopic (exact) mass is 312 g/mol. The molecule has 0 spiro atoms. The third kappa shape index (κ3) is 4.41. The Morgan fingerprint density at radius 1 is 1.14 bits per heavy atom. The molecule has 0 bridgehead atoms. The summed E-state index contributed by atoms with van der Waals surface area (Å²) in [5.74, 6) is 0.158. The van der Waals surface area contributed by atoms with E-state index in [9.17, 15) is 4.79 Å². The fourth-order valence-electron chi connectivity index (χ4n) is 3.69. The van der Waals surface area contributed by atoms with Gasteiger partial charge in [-0.2, -0.15) is 0 Å². The van der Waals surface area contributed by atoms with Crippen LogP contribution in [-0.4, -0.2) is 28.9 Å². The van der Waals surface area contributed by atoms with E-state index in [1.165, 1.54) is 25.7 Å². The average Bonchev–Trinajstić information content (AvgIpc) is 2.74. The molecule has 0 aromatic rings. The Balaban J connectivity index is 2.94. The van der Waals surface area contributed by atoms with Crippen LogP contribution in [0.4, 0.5) is 0 Å². The molecule has 1 saturated carbocycles. The fourth-order valence-corrected chi connectivity index (χ4v) is 3.98. The molecule has 1 aliphatic rings. The first-order chi connectivity index (χ1) is 9.99. The maximum atomic E-state index is 13.2. The minimum atomic E-state index is -0.625. The molecule has 1 aliphatic carbocycles. The quantitative estimate of drug-likeness (QED) is 0.570. The SMILES string of the molecule is CCCC(CCC)(C(=O)N(C)C1CCCCCC1)C(N)=S. The molecule has 0 aromatic heterocycles. The highest BCUT2D eigenvalue weighted by atomic mass is 32.1. The van der Waals surface area contributed by atoms with Gasteiger partial charge in [0.05, 0.1) is 10.4 Å². The molecule has 21 heavy (non-hydrogen) atoms. The Kier molecular flexibility index (Phi) is 7.64. The summed E-state index contributed by atoms with van der Waals surface area (Å²) < 4.78 is 0. The van der Waals surface area contributed by atoms with E-state index in [4.69, 9.17) is 18.0 Å². The van der Waals surface area contributed by atoms with Gasteiger partial charge in [0.1, 0.15) is 0 Å². The van der Waals surface area contributed by atoms with Crippen molar-refractivity contribution in [1.29, 1.82) is 0 Å². The minimum Gasteiger partial charge on any atom is -0.392 e. The lowest BCUT2D eigenvalue weighted by Crippen LogP contribution is -2.52. The van der Waals surface area contributed by atoms with E-state index in [2.05, 4.69) is 13.8 Å². The van der Waals surface area contributed by atoms with Crippen LogP contribution in [0.1, 0.15) is 78.1 Å². The van der Waals surface area contributed by atoms with Crippen LogP contribution in [-0.2, 0) is 4.79 Å². The van der Waals surface area contributed by atoms with E-state index in [1.54, 1.807) is 0 Å². The lowest BCUT2D eigenvalue weighted by Gasteiger charge is -2.38. The van der Waals surface area contributed by atoms with Gasteiger partial charge in [0.25, 0.3) is 0 Å². The molecule has 4 heteroatoms. The van der Waals surface area contributed by atoms with E-state index >= 15 is 0 Å². The van der Waals surface area contributed by atoms with Crippen LogP contribution in [0.3, 0.4) is 0 Å². The lowest BCUT2D eigenvalue weighted by molar-refractivity contribution is -0.140. The molecule has 0 radical (unpaired) electrons. The fraction of sp³-hybridized carbons (Fsp3) is 0.882. The summed E-state index contributed by atoms with van der Waals surface area (Å²) in [7, 11) is 1.96. The molecule has 0 saturated heterocycles. The number of carbonyl (C=O) groups is 1. The zero-order valence-electron chi connectivity index (χ0n) is 14.0. The normalized spacial score (nSPS) is 17.3. The van der Waals surface area contributed by atoms with Crippen molar-refractivity contribution in [1.82, 2.24) is 4.90 Å². The number of nitrogens with two attached hydrogens (primary N) is 1. The van der Waals surface area contributed by atoms with Gasteiger partial charge in [0, 0.05) is 13.1 Å². The predicted molar refractivity (Wildman–Crippen MR) is 93.3 cm³/mol. The van der Waals surface area contributed by atoms with E-state index in [0.29, 0.717) is 11.0 Å². The third-order valence-electron chi connectivity index (χ3n) is 4.93. The molecule has 0 aliphatic heterocycles. The summed E-state index contributed by atoms with van der Waals surface area (Å²) in [6.45, 7) is 4.20.